The molecule has 0 aromatic rings. The number of nitrogens with two attached hydrogens (primary N) is 1. The van der Waals surface area contributed by atoms with Crippen LogP contribution in [0.25, 0.3) is 0 Å². The monoisotopic (exact) mass is 160 g/mol. The number of carbonyl (C=O) groups is 1. The Labute approximate surface area is 67.3 Å². The normalized spacial score (nSPS) is 22.4. The van der Waals surface area contributed by atoms with Gasteiger partial charge < -0.3 is 15.4 Å². The molecule has 0 radical (unpaired) electrons. The highest BCUT2D eigenvalue weighted by Crippen LogP contribution is 2.06. The van der Waals surface area contributed by atoms with Gasteiger partial charge in [0.1, 0.15) is 6.10 Å². The largest absolute Gasteiger partial charge is 0.443 e. The fourth-order valence-electron chi connectivity index (χ4n) is 0.772. The zero-order chi connectivity index (χ0) is 8.85. The maximum Gasteiger partial charge on any atom is 0.410 e. The highest BCUT2D eigenvalue weighted by Gasteiger charge is 2.26. The summed E-state index contributed by atoms with van der Waals surface area (Å²) in [5.74, 6) is 0. The molecule has 0 spiro atoms. The van der Waals surface area contributed by atoms with Crippen LogP contribution in [-0.2, 0) is 4.74 Å². The molecule has 0 saturated carbocycles. The van der Waals surface area contributed by atoms with E-state index in [1.807, 2.05) is 13.8 Å². The fourth-order valence-corrected chi connectivity index (χ4v) is 0.772. The second kappa shape index (κ2) is 4.96. The van der Waals surface area contributed by atoms with Crippen LogP contribution in [0, 0.1) is 0 Å². The molecule has 1 rings (SSSR count). The summed E-state index contributed by atoms with van der Waals surface area (Å²) in [5, 5.41) is 0. The summed E-state index contributed by atoms with van der Waals surface area (Å²) in [7, 11) is 1.69. The molecule has 1 heterocycles. The van der Waals surface area contributed by atoms with Gasteiger partial charge in [-0.05, 0) is 0 Å². The molecule has 1 atom stereocenters. The van der Waals surface area contributed by atoms with Crippen LogP contribution in [0.1, 0.15) is 13.8 Å². The van der Waals surface area contributed by atoms with Crippen molar-refractivity contribution in [3.8, 4) is 0 Å². The third kappa shape index (κ3) is 2.76. The Morgan fingerprint density at radius 1 is 1.73 bits per heavy atom. The second-order valence-corrected chi connectivity index (χ2v) is 2.12. The maximum absolute atomic E-state index is 10.6. The van der Waals surface area contributed by atoms with Crippen molar-refractivity contribution in [3.63, 3.8) is 0 Å². The van der Waals surface area contributed by atoms with Gasteiger partial charge in [-0.25, -0.2) is 4.79 Å². The molecular formula is C7H16N2O2. The number of rotatable bonds is 1. The van der Waals surface area contributed by atoms with Crippen molar-refractivity contribution < 1.29 is 9.53 Å². The van der Waals surface area contributed by atoms with E-state index >= 15 is 0 Å². The van der Waals surface area contributed by atoms with Crippen LogP contribution in [0.15, 0.2) is 0 Å². The highest BCUT2D eigenvalue weighted by molar-refractivity contribution is 5.69. The minimum Gasteiger partial charge on any atom is -0.443 e. The van der Waals surface area contributed by atoms with E-state index in [-0.39, 0.29) is 12.2 Å². The Balaban J connectivity index is 0.000000461. The van der Waals surface area contributed by atoms with Crippen LogP contribution in [0.5, 0.6) is 0 Å². The van der Waals surface area contributed by atoms with Crippen molar-refractivity contribution in [2.45, 2.75) is 20.0 Å². The summed E-state index contributed by atoms with van der Waals surface area (Å²) < 4.78 is 4.78. The predicted octanol–water partition coefficient (Wildman–Crippen LogP) is 0.422. The molecule has 0 aliphatic carbocycles. The second-order valence-electron chi connectivity index (χ2n) is 2.12. The van der Waals surface area contributed by atoms with Gasteiger partial charge in [-0.15, -0.1) is 0 Å². The topological polar surface area (TPSA) is 55.6 Å². The van der Waals surface area contributed by atoms with Crippen LogP contribution < -0.4 is 5.73 Å². The highest BCUT2D eigenvalue weighted by atomic mass is 16.6. The number of carbonyl (C=O) groups excluding carboxylic acids is 1. The first-order chi connectivity index (χ1) is 5.24. The zero-order valence-electron chi connectivity index (χ0n) is 7.33. The van der Waals surface area contributed by atoms with Gasteiger partial charge in [-0.3, -0.25) is 0 Å². The van der Waals surface area contributed by atoms with Gasteiger partial charge in [0.25, 0.3) is 0 Å². The molecular weight excluding hydrogens is 144 g/mol. The number of hydrogen-bond acceptors (Lipinski definition) is 3. The van der Waals surface area contributed by atoms with E-state index in [2.05, 4.69) is 0 Å². The first-order valence-electron chi connectivity index (χ1n) is 3.86. The molecule has 1 aliphatic rings. The van der Waals surface area contributed by atoms with Gasteiger partial charge in [-0.1, -0.05) is 13.8 Å². The standard InChI is InChI=1S/C5H10N2O2.C2H6/c1-7-3-4(2-6)9-5(7)8;1-2/h4H,2-3,6H2,1H3;1-2H3/t4-;/m0./s1. The summed E-state index contributed by atoms with van der Waals surface area (Å²) in [6.45, 7) is 5.03. The summed E-state index contributed by atoms with van der Waals surface area (Å²) >= 11 is 0. The molecule has 66 valence electrons. The number of ether oxygens (including phenoxy) is 1. The number of amides is 1. The molecule has 0 bridgehead atoms. The average Bonchev–Trinajstić information content (AvgIpc) is 2.36. The maximum atomic E-state index is 10.6. The zero-order valence-corrected chi connectivity index (χ0v) is 7.33. The number of likely N-dealkylation sites (N-methyl/N-ethyl adjacent to an activating group) is 1. The van der Waals surface area contributed by atoms with Crippen LogP contribution in [0.2, 0.25) is 0 Å². The van der Waals surface area contributed by atoms with E-state index in [9.17, 15) is 4.79 Å². The van der Waals surface area contributed by atoms with Crippen LogP contribution >= 0.6 is 0 Å². The van der Waals surface area contributed by atoms with Crippen molar-refractivity contribution in [1.82, 2.24) is 4.90 Å². The Morgan fingerprint density at radius 2 is 2.27 bits per heavy atom. The first kappa shape index (κ1) is 10.2. The molecule has 2 N–H and O–H groups in total. The van der Waals surface area contributed by atoms with Crippen LogP contribution in [0.3, 0.4) is 0 Å². The molecule has 0 unspecified atom stereocenters. The molecule has 1 aliphatic heterocycles. The minimum atomic E-state index is -0.273. The van der Waals surface area contributed by atoms with E-state index in [0.29, 0.717) is 13.1 Å². The molecule has 11 heavy (non-hydrogen) atoms. The summed E-state index contributed by atoms with van der Waals surface area (Å²) in [6.07, 6.45) is -0.368. The number of cyclic esters (lactones) is 1. The average molecular weight is 160 g/mol. The number of nitrogens with zero attached hydrogens (tertiary/aromatic N) is 1. The van der Waals surface area contributed by atoms with Crippen LogP contribution in [0.4, 0.5) is 4.79 Å². The molecule has 4 nitrogen and oxygen atoms in total. The van der Waals surface area contributed by atoms with E-state index in [1.54, 1.807) is 7.05 Å². The fraction of sp³-hybridized carbons (Fsp3) is 0.857. The molecule has 1 amide bonds. The lowest BCUT2D eigenvalue weighted by atomic mass is 10.4. The molecule has 4 heteroatoms. The Bertz CT molecular complexity index is 128. The lowest BCUT2D eigenvalue weighted by Crippen LogP contribution is -2.24. The summed E-state index contributed by atoms with van der Waals surface area (Å²) in [6, 6.07) is 0. The van der Waals surface area contributed by atoms with Gasteiger partial charge in [0.2, 0.25) is 0 Å². The predicted molar refractivity (Wildman–Crippen MR) is 43.3 cm³/mol. The van der Waals surface area contributed by atoms with Crippen LogP contribution in [-0.4, -0.2) is 37.2 Å². The molecule has 1 fully saturated rings. The smallest absolute Gasteiger partial charge is 0.410 e. The minimum absolute atomic E-state index is 0.0949. The first-order valence-corrected chi connectivity index (χ1v) is 3.86. The van der Waals surface area contributed by atoms with Crippen molar-refractivity contribution in [2.24, 2.45) is 5.73 Å². The Morgan fingerprint density at radius 3 is 2.45 bits per heavy atom. The van der Waals surface area contributed by atoms with Gasteiger partial charge in [0.05, 0.1) is 6.54 Å². The van der Waals surface area contributed by atoms with E-state index < -0.39 is 0 Å². The van der Waals surface area contributed by atoms with E-state index in [4.69, 9.17) is 10.5 Å². The lowest BCUT2D eigenvalue weighted by Gasteiger charge is -2.01. The molecule has 0 aromatic heterocycles. The van der Waals surface area contributed by atoms with E-state index in [0.717, 1.165) is 0 Å². The summed E-state index contributed by atoms with van der Waals surface area (Å²) in [4.78, 5) is 12.1. The third-order valence-corrected chi connectivity index (χ3v) is 1.32. The van der Waals surface area contributed by atoms with Crippen molar-refractivity contribution in [1.29, 1.82) is 0 Å². The summed E-state index contributed by atoms with van der Waals surface area (Å²) in [5.41, 5.74) is 5.25. The van der Waals surface area contributed by atoms with Gasteiger partial charge in [-0.2, -0.15) is 0 Å². The third-order valence-electron chi connectivity index (χ3n) is 1.32. The SMILES string of the molecule is CC.CN1C[C@H](CN)OC1=O. The Kier molecular flexibility index (Phi) is 4.61. The van der Waals surface area contributed by atoms with Gasteiger partial charge in [0, 0.05) is 13.6 Å². The van der Waals surface area contributed by atoms with Crippen molar-refractivity contribution in [2.75, 3.05) is 20.1 Å². The molecule has 0 aromatic carbocycles. The van der Waals surface area contributed by atoms with E-state index in [1.165, 1.54) is 4.90 Å². The quantitative estimate of drug-likeness (QED) is 0.605. The van der Waals surface area contributed by atoms with Crippen molar-refractivity contribution >= 4 is 6.09 Å². The van der Waals surface area contributed by atoms with Crippen molar-refractivity contribution in [3.05, 3.63) is 0 Å². The van der Waals surface area contributed by atoms with Gasteiger partial charge in [0.15, 0.2) is 0 Å². The number of hydrogen-bond donors (Lipinski definition) is 1. The molecule has 1 saturated heterocycles. The van der Waals surface area contributed by atoms with Gasteiger partial charge >= 0.3 is 6.09 Å². The lowest BCUT2D eigenvalue weighted by molar-refractivity contribution is 0.137. The Hall–Kier alpha value is -0.770.